The van der Waals surface area contributed by atoms with Gasteiger partial charge in [0.25, 0.3) is 0 Å². The van der Waals surface area contributed by atoms with Crippen molar-refractivity contribution < 1.29 is 9.47 Å². The van der Waals surface area contributed by atoms with Crippen molar-refractivity contribution in [3.63, 3.8) is 0 Å². The number of hydrogen-bond acceptors (Lipinski definition) is 6. The Balaban J connectivity index is 1.55. The molecule has 0 unspecified atom stereocenters. The minimum absolute atomic E-state index is 0.250. The number of benzene rings is 2. The van der Waals surface area contributed by atoms with Gasteiger partial charge in [0.05, 0.1) is 5.69 Å². The maximum absolute atomic E-state index is 5.40. The molecule has 0 amide bonds. The molecule has 0 fully saturated rings. The first kappa shape index (κ1) is 14.5. The van der Waals surface area contributed by atoms with Crippen molar-refractivity contribution in [3.05, 3.63) is 52.5 Å². The molecule has 1 aliphatic rings. The molecule has 23 heavy (non-hydrogen) atoms. The van der Waals surface area contributed by atoms with Gasteiger partial charge in [0.2, 0.25) is 11.9 Å². The molecule has 116 valence electrons. The first-order valence-corrected chi connectivity index (χ1v) is 8.63. The topological polar surface area (TPSA) is 62.1 Å². The molecule has 0 radical (unpaired) electrons. The van der Waals surface area contributed by atoms with Crippen LogP contribution in [-0.2, 0) is 5.75 Å². The fourth-order valence-electron chi connectivity index (χ4n) is 2.18. The van der Waals surface area contributed by atoms with Gasteiger partial charge in [-0.2, -0.15) is 4.68 Å². The highest BCUT2D eigenvalue weighted by atomic mass is 79.9. The second-order valence-corrected chi connectivity index (χ2v) is 6.68. The van der Waals surface area contributed by atoms with Crippen molar-refractivity contribution in [2.45, 2.75) is 10.9 Å². The molecule has 1 aromatic heterocycles. The lowest BCUT2D eigenvalue weighted by molar-refractivity contribution is 0.174. The largest absolute Gasteiger partial charge is 0.454 e. The van der Waals surface area contributed by atoms with Crippen molar-refractivity contribution >= 4 is 27.7 Å². The molecule has 2 aromatic carbocycles. The van der Waals surface area contributed by atoms with Crippen molar-refractivity contribution in [1.82, 2.24) is 20.2 Å². The van der Waals surface area contributed by atoms with Gasteiger partial charge in [-0.15, -0.1) is 5.10 Å². The van der Waals surface area contributed by atoms with E-state index < -0.39 is 0 Å². The summed E-state index contributed by atoms with van der Waals surface area (Å²) in [5, 5.41) is 12.7. The van der Waals surface area contributed by atoms with E-state index in [-0.39, 0.29) is 6.79 Å². The number of rotatable bonds is 4. The summed E-state index contributed by atoms with van der Waals surface area (Å²) in [6.45, 7) is 0.250. The Morgan fingerprint density at radius 2 is 1.91 bits per heavy atom. The summed E-state index contributed by atoms with van der Waals surface area (Å²) in [5.41, 5.74) is 2.05. The van der Waals surface area contributed by atoms with Crippen LogP contribution in [0, 0.1) is 0 Å². The number of fused-ring (bicyclic) bond motifs is 1. The smallest absolute Gasteiger partial charge is 0.231 e. The first-order chi connectivity index (χ1) is 11.3. The lowest BCUT2D eigenvalue weighted by Crippen LogP contribution is -1.99. The van der Waals surface area contributed by atoms with Gasteiger partial charge < -0.3 is 9.47 Å². The third kappa shape index (κ3) is 3.04. The van der Waals surface area contributed by atoms with Crippen LogP contribution in [0.2, 0.25) is 0 Å². The van der Waals surface area contributed by atoms with Crippen molar-refractivity contribution in [1.29, 1.82) is 0 Å². The molecule has 0 saturated carbocycles. The number of halogens is 1. The van der Waals surface area contributed by atoms with Crippen LogP contribution in [0.25, 0.3) is 5.69 Å². The second kappa shape index (κ2) is 6.21. The quantitative estimate of drug-likeness (QED) is 0.635. The van der Waals surface area contributed by atoms with Gasteiger partial charge in [-0.1, -0.05) is 39.8 Å². The van der Waals surface area contributed by atoms with E-state index in [2.05, 4.69) is 43.6 Å². The Bertz CT molecular complexity index is 838. The average Bonchev–Trinajstić information content (AvgIpc) is 3.22. The molecule has 0 saturated heterocycles. The number of thioether (sulfide) groups is 1. The van der Waals surface area contributed by atoms with Crippen LogP contribution in [-0.4, -0.2) is 27.0 Å². The Hall–Kier alpha value is -2.06. The normalized spacial score (nSPS) is 12.6. The standard InChI is InChI=1S/C15H11BrN4O2S/c16-11-3-1-10(2-4-11)8-23-15-17-18-19-20(15)12-5-6-13-14(7-12)22-9-21-13/h1-7H,8-9H2. The van der Waals surface area contributed by atoms with Gasteiger partial charge in [-0.05, 0) is 40.3 Å². The molecule has 8 heteroatoms. The molecule has 0 N–H and O–H groups in total. The molecule has 2 heterocycles. The fourth-order valence-corrected chi connectivity index (χ4v) is 3.29. The van der Waals surface area contributed by atoms with Crippen LogP contribution < -0.4 is 9.47 Å². The molecule has 4 rings (SSSR count). The molecule has 1 aliphatic heterocycles. The van der Waals surface area contributed by atoms with Gasteiger partial charge >= 0.3 is 0 Å². The van der Waals surface area contributed by atoms with Gasteiger partial charge in [0.1, 0.15) is 0 Å². The number of tetrazole rings is 1. The van der Waals surface area contributed by atoms with Gasteiger partial charge in [0, 0.05) is 16.3 Å². The van der Waals surface area contributed by atoms with E-state index in [4.69, 9.17) is 9.47 Å². The molecule has 6 nitrogen and oxygen atoms in total. The SMILES string of the molecule is Brc1ccc(CSc2nnnn2-c2ccc3c(c2)OCO3)cc1. The van der Waals surface area contributed by atoms with Crippen molar-refractivity contribution in [3.8, 4) is 17.2 Å². The van der Waals surface area contributed by atoms with Gasteiger partial charge in [-0.3, -0.25) is 0 Å². The molecule has 3 aromatic rings. The van der Waals surface area contributed by atoms with E-state index in [9.17, 15) is 0 Å². The molecule has 0 bridgehead atoms. The van der Waals surface area contributed by atoms with Crippen LogP contribution in [0.5, 0.6) is 11.5 Å². The summed E-state index contributed by atoms with van der Waals surface area (Å²) >= 11 is 5.02. The summed E-state index contributed by atoms with van der Waals surface area (Å²) in [5.74, 6) is 2.24. The predicted octanol–water partition coefficient (Wildman–Crippen LogP) is 3.45. The van der Waals surface area contributed by atoms with E-state index in [0.29, 0.717) is 5.75 Å². The molecular weight excluding hydrogens is 380 g/mol. The van der Waals surface area contributed by atoms with Crippen LogP contribution in [0.1, 0.15) is 5.56 Å². The van der Waals surface area contributed by atoms with Gasteiger partial charge in [0.15, 0.2) is 11.5 Å². The lowest BCUT2D eigenvalue weighted by atomic mass is 10.2. The van der Waals surface area contributed by atoms with Gasteiger partial charge in [-0.25, -0.2) is 0 Å². The lowest BCUT2D eigenvalue weighted by Gasteiger charge is -2.05. The summed E-state index contributed by atoms with van der Waals surface area (Å²) in [4.78, 5) is 0. The zero-order valence-electron chi connectivity index (χ0n) is 11.8. The van der Waals surface area contributed by atoms with E-state index >= 15 is 0 Å². The molecule has 0 aliphatic carbocycles. The van der Waals surface area contributed by atoms with E-state index in [1.807, 2.05) is 30.3 Å². The van der Waals surface area contributed by atoms with Crippen LogP contribution >= 0.6 is 27.7 Å². The molecular formula is C15H11BrN4O2S. The summed E-state index contributed by atoms with van der Waals surface area (Å²) in [6.07, 6.45) is 0. The third-order valence-electron chi connectivity index (χ3n) is 3.32. The highest BCUT2D eigenvalue weighted by molar-refractivity contribution is 9.10. The average molecular weight is 391 g/mol. The number of aromatic nitrogens is 4. The van der Waals surface area contributed by atoms with Crippen LogP contribution in [0.15, 0.2) is 52.1 Å². The Labute approximate surface area is 144 Å². The summed E-state index contributed by atoms with van der Waals surface area (Å²) < 4.78 is 13.5. The van der Waals surface area contributed by atoms with Crippen molar-refractivity contribution in [2.75, 3.05) is 6.79 Å². The van der Waals surface area contributed by atoms with Crippen LogP contribution in [0.4, 0.5) is 0 Å². The Morgan fingerprint density at radius 3 is 2.78 bits per heavy atom. The molecule has 0 atom stereocenters. The zero-order valence-corrected chi connectivity index (χ0v) is 14.2. The Morgan fingerprint density at radius 1 is 1.09 bits per heavy atom. The van der Waals surface area contributed by atoms with Crippen LogP contribution in [0.3, 0.4) is 0 Å². The second-order valence-electron chi connectivity index (χ2n) is 4.83. The summed E-state index contributed by atoms with van der Waals surface area (Å²) in [6, 6.07) is 13.9. The highest BCUT2D eigenvalue weighted by Crippen LogP contribution is 2.34. The molecule has 0 spiro atoms. The minimum Gasteiger partial charge on any atom is -0.454 e. The Kier molecular flexibility index (Phi) is 3.92. The first-order valence-electron chi connectivity index (χ1n) is 6.85. The van der Waals surface area contributed by atoms with E-state index in [1.165, 1.54) is 5.56 Å². The summed E-state index contributed by atoms with van der Waals surface area (Å²) in [7, 11) is 0. The third-order valence-corrected chi connectivity index (χ3v) is 4.84. The van der Waals surface area contributed by atoms with Crippen molar-refractivity contribution in [2.24, 2.45) is 0 Å². The number of ether oxygens (including phenoxy) is 2. The number of hydrogen-bond donors (Lipinski definition) is 0. The zero-order chi connectivity index (χ0) is 15.6. The van der Waals surface area contributed by atoms with E-state index in [1.54, 1.807) is 16.4 Å². The number of nitrogens with zero attached hydrogens (tertiary/aromatic N) is 4. The maximum Gasteiger partial charge on any atom is 0.231 e. The maximum atomic E-state index is 5.40. The minimum atomic E-state index is 0.250. The monoisotopic (exact) mass is 390 g/mol. The highest BCUT2D eigenvalue weighted by Gasteiger charge is 2.16. The fraction of sp³-hybridized carbons (Fsp3) is 0.133. The predicted molar refractivity (Wildman–Crippen MR) is 89.0 cm³/mol. The van der Waals surface area contributed by atoms with E-state index in [0.717, 1.165) is 26.8 Å².